The molecule has 0 nitrogen and oxygen atoms in total. The maximum absolute atomic E-state index is 14.9. The van der Waals surface area contributed by atoms with Gasteiger partial charge in [0.15, 0.2) is 29.1 Å². The van der Waals surface area contributed by atoms with Crippen molar-refractivity contribution in [3.8, 4) is 33.4 Å². The van der Waals surface area contributed by atoms with Crippen molar-refractivity contribution < 1.29 is 22.0 Å². The first-order chi connectivity index (χ1) is 15.9. The maximum Gasteiger partial charge on any atom is 0.194 e. The zero-order chi connectivity index (χ0) is 23.5. The average molecular weight is 452 g/mol. The van der Waals surface area contributed by atoms with E-state index in [0.717, 1.165) is 37.0 Å². The lowest BCUT2D eigenvalue weighted by molar-refractivity contribution is 0.448. The first kappa shape index (κ1) is 22.7. The molecule has 0 aliphatic rings. The Morgan fingerprint density at radius 2 is 0.970 bits per heavy atom. The zero-order valence-corrected chi connectivity index (χ0v) is 17.9. The van der Waals surface area contributed by atoms with E-state index in [9.17, 15) is 22.0 Å². The van der Waals surface area contributed by atoms with Crippen LogP contribution in [0.2, 0.25) is 0 Å². The Morgan fingerprint density at radius 1 is 0.515 bits per heavy atom. The summed E-state index contributed by atoms with van der Waals surface area (Å²) in [4.78, 5) is 0. The molecule has 4 rings (SSSR count). The monoisotopic (exact) mass is 452 g/mol. The van der Waals surface area contributed by atoms with Crippen LogP contribution in [0.5, 0.6) is 0 Å². The van der Waals surface area contributed by atoms with Crippen molar-refractivity contribution >= 4 is 0 Å². The van der Waals surface area contributed by atoms with Crippen LogP contribution in [-0.4, -0.2) is 0 Å². The van der Waals surface area contributed by atoms with Gasteiger partial charge in [0.1, 0.15) is 0 Å². The molecule has 0 bridgehead atoms. The van der Waals surface area contributed by atoms with Crippen LogP contribution in [0.3, 0.4) is 0 Å². The van der Waals surface area contributed by atoms with Crippen LogP contribution in [0.25, 0.3) is 33.4 Å². The van der Waals surface area contributed by atoms with Crippen LogP contribution < -0.4 is 0 Å². The molecule has 0 heterocycles. The van der Waals surface area contributed by atoms with Gasteiger partial charge in [0.05, 0.1) is 0 Å². The summed E-state index contributed by atoms with van der Waals surface area (Å²) in [5.74, 6) is -6.05. The van der Waals surface area contributed by atoms with E-state index in [0.29, 0.717) is 16.7 Å². The molecule has 0 aromatic heterocycles. The van der Waals surface area contributed by atoms with Crippen LogP contribution in [-0.2, 0) is 6.42 Å². The third-order valence-electron chi connectivity index (χ3n) is 5.68. The lowest BCUT2D eigenvalue weighted by Crippen LogP contribution is -1.95. The standard InChI is InChI=1S/C28H21F5/c1-2-3-4-17-5-7-19(8-6-17)22-13-14-23(27(32)26(22)31)20-11-9-18(10-12-20)21-15-24(29)28(33)25(30)16-21/h5-16H,2-4H2,1H3. The predicted molar refractivity (Wildman–Crippen MR) is 121 cm³/mol. The number of unbranched alkanes of at least 4 members (excludes halogenated alkanes) is 1. The predicted octanol–water partition coefficient (Wildman–Crippen LogP) is 8.73. The highest BCUT2D eigenvalue weighted by atomic mass is 19.2. The molecule has 0 radical (unpaired) electrons. The van der Waals surface area contributed by atoms with Crippen molar-refractivity contribution in [2.24, 2.45) is 0 Å². The Bertz CT molecular complexity index is 1250. The van der Waals surface area contributed by atoms with Crippen molar-refractivity contribution in [1.29, 1.82) is 0 Å². The third kappa shape index (κ3) is 4.68. The SMILES string of the molecule is CCCCc1ccc(-c2ccc(-c3ccc(-c4cc(F)c(F)c(F)c4)cc3)c(F)c2F)cc1. The molecule has 5 heteroatoms. The Hall–Kier alpha value is -3.47. The maximum atomic E-state index is 14.9. The molecule has 0 atom stereocenters. The van der Waals surface area contributed by atoms with Crippen molar-refractivity contribution in [1.82, 2.24) is 0 Å². The summed E-state index contributed by atoms with van der Waals surface area (Å²) >= 11 is 0. The normalized spacial score (nSPS) is 11.1. The highest BCUT2D eigenvalue weighted by Crippen LogP contribution is 2.33. The van der Waals surface area contributed by atoms with Crippen molar-refractivity contribution in [3.63, 3.8) is 0 Å². The fourth-order valence-electron chi connectivity index (χ4n) is 3.79. The molecule has 0 fully saturated rings. The van der Waals surface area contributed by atoms with Gasteiger partial charge >= 0.3 is 0 Å². The lowest BCUT2D eigenvalue weighted by Gasteiger charge is -2.11. The molecule has 0 N–H and O–H groups in total. The summed E-state index contributed by atoms with van der Waals surface area (Å²) in [5.41, 5.74) is 2.94. The Kier molecular flexibility index (Phi) is 6.59. The molecule has 168 valence electrons. The van der Waals surface area contributed by atoms with Crippen LogP contribution in [0.4, 0.5) is 22.0 Å². The summed E-state index contributed by atoms with van der Waals surface area (Å²) in [5, 5.41) is 0. The Labute approximate surface area is 189 Å². The highest BCUT2D eigenvalue weighted by Gasteiger charge is 2.17. The van der Waals surface area contributed by atoms with E-state index in [1.54, 1.807) is 12.1 Å². The van der Waals surface area contributed by atoms with Crippen molar-refractivity contribution in [2.45, 2.75) is 26.2 Å². The lowest BCUT2D eigenvalue weighted by atomic mass is 9.96. The van der Waals surface area contributed by atoms with Gasteiger partial charge < -0.3 is 0 Å². The molecule has 0 saturated carbocycles. The summed E-state index contributed by atoms with van der Waals surface area (Å²) in [6.45, 7) is 2.12. The van der Waals surface area contributed by atoms with Gasteiger partial charge in [-0.05, 0) is 52.8 Å². The van der Waals surface area contributed by atoms with Crippen LogP contribution in [0.1, 0.15) is 25.3 Å². The summed E-state index contributed by atoms with van der Waals surface area (Å²) in [6.07, 6.45) is 3.10. The quantitative estimate of drug-likeness (QED) is 0.203. The van der Waals surface area contributed by atoms with Gasteiger partial charge in [0.25, 0.3) is 0 Å². The van der Waals surface area contributed by atoms with Gasteiger partial charge in [-0.3, -0.25) is 0 Å². The second-order valence-electron chi connectivity index (χ2n) is 7.92. The van der Waals surface area contributed by atoms with E-state index in [1.807, 2.05) is 12.1 Å². The third-order valence-corrected chi connectivity index (χ3v) is 5.68. The average Bonchev–Trinajstić information content (AvgIpc) is 2.83. The number of hydrogen-bond donors (Lipinski definition) is 0. The van der Waals surface area contributed by atoms with E-state index >= 15 is 0 Å². The van der Waals surface area contributed by atoms with E-state index in [-0.39, 0.29) is 16.7 Å². The molecule has 0 saturated heterocycles. The molecule has 0 aliphatic heterocycles. The fourth-order valence-corrected chi connectivity index (χ4v) is 3.79. The minimum atomic E-state index is -1.54. The molecule has 4 aromatic rings. The van der Waals surface area contributed by atoms with Gasteiger partial charge in [-0.2, -0.15) is 0 Å². The summed E-state index contributed by atoms with van der Waals surface area (Å²) in [6, 6.07) is 18.3. The van der Waals surface area contributed by atoms with Crippen molar-refractivity contribution in [2.75, 3.05) is 0 Å². The smallest absolute Gasteiger partial charge is 0.194 e. The van der Waals surface area contributed by atoms with E-state index in [2.05, 4.69) is 6.92 Å². The minimum Gasteiger partial charge on any atom is -0.204 e. The molecule has 4 aromatic carbocycles. The van der Waals surface area contributed by atoms with Gasteiger partial charge in [-0.15, -0.1) is 0 Å². The number of halogens is 5. The molecule has 33 heavy (non-hydrogen) atoms. The molecular weight excluding hydrogens is 431 g/mol. The van der Waals surface area contributed by atoms with Crippen molar-refractivity contribution in [3.05, 3.63) is 107 Å². The molecular formula is C28H21F5. The van der Waals surface area contributed by atoms with Crippen LogP contribution in [0, 0.1) is 29.1 Å². The molecule has 0 aliphatic carbocycles. The van der Waals surface area contributed by atoms with Crippen LogP contribution in [0.15, 0.2) is 72.8 Å². The first-order valence-electron chi connectivity index (χ1n) is 10.7. The van der Waals surface area contributed by atoms with Crippen LogP contribution >= 0.6 is 0 Å². The second-order valence-corrected chi connectivity index (χ2v) is 7.92. The van der Waals surface area contributed by atoms with Gasteiger partial charge in [-0.1, -0.05) is 74.0 Å². The number of rotatable bonds is 6. The summed E-state index contributed by atoms with van der Waals surface area (Å²) < 4.78 is 70.1. The Balaban J connectivity index is 1.62. The van der Waals surface area contributed by atoms with E-state index in [1.165, 1.54) is 36.4 Å². The largest absolute Gasteiger partial charge is 0.204 e. The van der Waals surface area contributed by atoms with E-state index < -0.39 is 29.1 Å². The van der Waals surface area contributed by atoms with E-state index in [4.69, 9.17) is 0 Å². The first-order valence-corrected chi connectivity index (χ1v) is 10.7. The molecule has 0 unspecified atom stereocenters. The van der Waals surface area contributed by atoms with Gasteiger partial charge in [-0.25, -0.2) is 22.0 Å². The number of hydrogen-bond acceptors (Lipinski definition) is 0. The van der Waals surface area contributed by atoms with Gasteiger partial charge in [0, 0.05) is 11.1 Å². The number of aryl methyl sites for hydroxylation is 1. The number of benzene rings is 4. The topological polar surface area (TPSA) is 0 Å². The summed E-state index contributed by atoms with van der Waals surface area (Å²) in [7, 11) is 0. The second kappa shape index (κ2) is 9.57. The fraction of sp³-hybridized carbons (Fsp3) is 0.143. The molecule has 0 amide bonds. The van der Waals surface area contributed by atoms with Gasteiger partial charge in [0.2, 0.25) is 0 Å². The Morgan fingerprint density at radius 3 is 1.45 bits per heavy atom. The molecule has 0 spiro atoms. The highest BCUT2D eigenvalue weighted by molar-refractivity contribution is 5.74. The minimum absolute atomic E-state index is 0.0684. The zero-order valence-electron chi connectivity index (χ0n) is 17.9.